The van der Waals surface area contributed by atoms with Gasteiger partial charge in [0.25, 0.3) is 0 Å². The first-order chi connectivity index (χ1) is 8.77. The average molecular weight is 259 g/mol. The van der Waals surface area contributed by atoms with Gasteiger partial charge in [-0.15, -0.1) is 11.3 Å². The Morgan fingerprint density at radius 2 is 2.06 bits per heavy atom. The minimum Gasteiger partial charge on any atom is -0.293 e. The van der Waals surface area contributed by atoms with Gasteiger partial charge in [0.05, 0.1) is 4.88 Å². The molecular weight excluding hydrogens is 246 g/mol. The van der Waals surface area contributed by atoms with Crippen molar-refractivity contribution in [3.63, 3.8) is 0 Å². The predicted molar refractivity (Wildman–Crippen MR) is 73.2 cm³/mol. The second kappa shape index (κ2) is 6.21. The van der Waals surface area contributed by atoms with Crippen LogP contribution < -0.4 is 0 Å². The molecule has 18 heavy (non-hydrogen) atoms. The highest BCUT2D eigenvalue weighted by atomic mass is 32.1. The molecule has 0 aliphatic carbocycles. The van der Waals surface area contributed by atoms with Crippen LogP contribution in [-0.4, -0.2) is 17.3 Å². The molecule has 0 bridgehead atoms. The monoisotopic (exact) mass is 259 g/mol. The summed E-state index contributed by atoms with van der Waals surface area (Å²) in [6.07, 6.45) is 8.37. The van der Waals surface area contributed by atoms with Crippen molar-refractivity contribution in [3.8, 4) is 0 Å². The number of nitrogens with zero attached hydrogens (tertiary/aromatic N) is 1. The van der Waals surface area contributed by atoms with Gasteiger partial charge in [-0.2, -0.15) is 0 Å². The first-order valence-electron chi connectivity index (χ1n) is 5.76. The van der Waals surface area contributed by atoms with Crippen LogP contribution in [0.15, 0.2) is 46.9 Å². The van der Waals surface area contributed by atoms with E-state index in [1.807, 2.05) is 23.6 Å². The lowest BCUT2D eigenvalue weighted by molar-refractivity contribution is -0.112. The van der Waals surface area contributed by atoms with Crippen molar-refractivity contribution >= 4 is 28.6 Å². The van der Waals surface area contributed by atoms with Gasteiger partial charge < -0.3 is 0 Å². The molecule has 3 nitrogen and oxygen atoms in total. The van der Waals surface area contributed by atoms with E-state index >= 15 is 0 Å². The second-order valence-corrected chi connectivity index (χ2v) is 4.81. The quantitative estimate of drug-likeness (QED) is 0.762. The van der Waals surface area contributed by atoms with Crippen LogP contribution in [0.1, 0.15) is 28.9 Å². The van der Waals surface area contributed by atoms with E-state index in [-0.39, 0.29) is 24.4 Å². The van der Waals surface area contributed by atoms with Crippen molar-refractivity contribution in [1.82, 2.24) is 0 Å². The normalized spacial score (nSPS) is 14.1. The van der Waals surface area contributed by atoms with E-state index < -0.39 is 0 Å². The summed E-state index contributed by atoms with van der Waals surface area (Å²) < 4.78 is 0. The van der Waals surface area contributed by atoms with E-state index in [9.17, 15) is 9.59 Å². The Morgan fingerprint density at radius 1 is 1.22 bits per heavy atom. The number of rotatable bonds is 5. The minimum atomic E-state index is -0.0808. The minimum absolute atomic E-state index is 0.0205. The number of hydrogen-bond acceptors (Lipinski definition) is 4. The van der Waals surface area contributed by atoms with Crippen LogP contribution in [0.3, 0.4) is 0 Å². The number of carbonyl (C=O) groups excluding carboxylic acids is 2. The third-order valence-corrected chi connectivity index (χ3v) is 3.44. The molecule has 1 aliphatic rings. The Morgan fingerprint density at radius 3 is 2.83 bits per heavy atom. The Kier molecular flexibility index (Phi) is 4.36. The topological polar surface area (TPSA) is 46.5 Å². The van der Waals surface area contributed by atoms with E-state index in [2.05, 4.69) is 4.99 Å². The number of hydrogen-bond donors (Lipinski definition) is 0. The number of ketones is 2. The molecule has 0 amide bonds. The van der Waals surface area contributed by atoms with Gasteiger partial charge in [-0.1, -0.05) is 18.2 Å². The highest BCUT2D eigenvalue weighted by Crippen LogP contribution is 2.13. The molecule has 0 unspecified atom stereocenters. The molecule has 0 N–H and O–H groups in total. The zero-order valence-corrected chi connectivity index (χ0v) is 10.7. The number of aliphatic imine (C=N–C) groups is 1. The maximum atomic E-state index is 11.9. The molecule has 92 valence electrons. The van der Waals surface area contributed by atoms with E-state index in [1.165, 1.54) is 11.3 Å². The first-order valence-corrected chi connectivity index (χ1v) is 6.64. The SMILES string of the molecule is O=C(CCC(=O)c1cccs1)C1=NC=CCC=C1. The van der Waals surface area contributed by atoms with Gasteiger partial charge in [0, 0.05) is 19.0 Å². The van der Waals surface area contributed by atoms with E-state index in [1.54, 1.807) is 18.3 Å². The van der Waals surface area contributed by atoms with Gasteiger partial charge in [0.15, 0.2) is 11.6 Å². The van der Waals surface area contributed by atoms with Gasteiger partial charge in [0.2, 0.25) is 0 Å². The fourth-order valence-corrected chi connectivity index (χ4v) is 2.27. The van der Waals surface area contributed by atoms with Gasteiger partial charge in [-0.25, -0.2) is 0 Å². The van der Waals surface area contributed by atoms with Gasteiger partial charge in [0.1, 0.15) is 5.71 Å². The molecule has 0 saturated heterocycles. The molecular formula is C14H13NO2S. The summed E-state index contributed by atoms with van der Waals surface area (Å²) in [4.78, 5) is 28.4. The summed E-state index contributed by atoms with van der Waals surface area (Å²) in [6, 6.07) is 3.62. The smallest absolute Gasteiger partial charge is 0.181 e. The lowest BCUT2D eigenvalue weighted by atomic mass is 10.1. The molecule has 2 rings (SSSR count). The molecule has 2 heterocycles. The van der Waals surface area contributed by atoms with Crippen LogP contribution in [0.4, 0.5) is 0 Å². The molecule has 4 heteroatoms. The molecule has 0 spiro atoms. The molecule has 1 aromatic rings. The molecule has 0 fully saturated rings. The van der Waals surface area contributed by atoms with Crippen LogP contribution in [0, 0.1) is 0 Å². The van der Waals surface area contributed by atoms with Crippen LogP contribution in [0.2, 0.25) is 0 Å². The first kappa shape index (κ1) is 12.6. The highest BCUT2D eigenvalue weighted by Gasteiger charge is 2.13. The molecule has 1 aliphatic heterocycles. The largest absolute Gasteiger partial charge is 0.293 e. The van der Waals surface area contributed by atoms with Crippen molar-refractivity contribution in [3.05, 3.63) is 46.8 Å². The average Bonchev–Trinajstić information content (AvgIpc) is 2.78. The zero-order chi connectivity index (χ0) is 12.8. The van der Waals surface area contributed by atoms with Crippen molar-refractivity contribution < 1.29 is 9.59 Å². The van der Waals surface area contributed by atoms with Crippen molar-refractivity contribution in [1.29, 1.82) is 0 Å². The summed E-state index contributed by atoms with van der Waals surface area (Å²) in [6.45, 7) is 0. The third-order valence-electron chi connectivity index (χ3n) is 2.53. The van der Waals surface area contributed by atoms with E-state index in [0.29, 0.717) is 10.6 Å². The highest BCUT2D eigenvalue weighted by molar-refractivity contribution is 7.12. The lowest BCUT2D eigenvalue weighted by Crippen LogP contribution is -2.12. The Labute approximate surface area is 110 Å². The van der Waals surface area contributed by atoms with Crippen LogP contribution in [0.5, 0.6) is 0 Å². The van der Waals surface area contributed by atoms with E-state index in [0.717, 1.165) is 6.42 Å². The van der Waals surface area contributed by atoms with Crippen LogP contribution >= 0.6 is 11.3 Å². The molecule has 0 saturated carbocycles. The third kappa shape index (κ3) is 3.34. The van der Waals surface area contributed by atoms with Crippen molar-refractivity contribution in [2.45, 2.75) is 19.3 Å². The predicted octanol–water partition coefficient (Wildman–Crippen LogP) is 3.19. The zero-order valence-electron chi connectivity index (χ0n) is 9.83. The lowest BCUT2D eigenvalue weighted by Gasteiger charge is -1.99. The Hall–Kier alpha value is -1.81. The Balaban J connectivity index is 1.90. The summed E-state index contributed by atoms with van der Waals surface area (Å²) in [5, 5.41) is 1.86. The number of carbonyl (C=O) groups is 2. The van der Waals surface area contributed by atoms with E-state index in [4.69, 9.17) is 0 Å². The van der Waals surface area contributed by atoms with Crippen molar-refractivity contribution in [2.24, 2.45) is 4.99 Å². The maximum absolute atomic E-state index is 11.9. The maximum Gasteiger partial charge on any atom is 0.181 e. The Bertz CT molecular complexity index is 524. The molecule has 0 atom stereocenters. The summed E-state index contributed by atoms with van der Waals surface area (Å²) in [5.74, 6) is -0.0604. The van der Waals surface area contributed by atoms with Gasteiger partial charge in [-0.3, -0.25) is 14.6 Å². The molecule has 1 aromatic heterocycles. The van der Waals surface area contributed by atoms with Crippen LogP contribution in [0.25, 0.3) is 0 Å². The second-order valence-electron chi connectivity index (χ2n) is 3.86. The molecule has 0 aromatic carbocycles. The van der Waals surface area contributed by atoms with Gasteiger partial charge >= 0.3 is 0 Å². The number of Topliss-reactive ketones (excluding diaryl/α,β-unsaturated/α-hetero) is 2. The summed E-state index contributed by atoms with van der Waals surface area (Å²) >= 11 is 1.41. The molecule has 0 radical (unpaired) electrons. The number of thiophene rings is 1. The van der Waals surface area contributed by atoms with Crippen LogP contribution in [-0.2, 0) is 4.79 Å². The fraction of sp³-hybridized carbons (Fsp3) is 0.214. The standard InChI is InChI=1S/C14H13NO2S/c16-12(11-5-2-1-3-9-15-11)7-8-13(17)14-6-4-10-18-14/h2-6,9-10H,1,7-8H2. The summed E-state index contributed by atoms with van der Waals surface area (Å²) in [7, 11) is 0. The summed E-state index contributed by atoms with van der Waals surface area (Å²) in [5.41, 5.74) is 0.433. The van der Waals surface area contributed by atoms with Gasteiger partial charge in [-0.05, 0) is 23.9 Å². The fourth-order valence-electron chi connectivity index (χ4n) is 1.58. The number of allylic oxidation sites excluding steroid dienone is 3. The van der Waals surface area contributed by atoms with Crippen molar-refractivity contribution in [2.75, 3.05) is 0 Å².